The fourth-order valence-electron chi connectivity index (χ4n) is 1.90. The second-order valence-electron chi connectivity index (χ2n) is 5.77. The molecule has 4 nitrogen and oxygen atoms in total. The van der Waals surface area contributed by atoms with Gasteiger partial charge in [0.15, 0.2) is 0 Å². The summed E-state index contributed by atoms with van der Waals surface area (Å²) >= 11 is 0. The molecule has 0 spiro atoms. The maximum Gasteiger partial charge on any atom is 0.525 e. The lowest BCUT2D eigenvalue weighted by molar-refractivity contribution is 0.00578. The highest BCUT2D eigenvalue weighted by molar-refractivity contribution is 6.54. The number of aromatic amines is 1. The molecule has 6 heteroatoms. The third-order valence-corrected chi connectivity index (χ3v) is 3.88. The number of rotatable bonds is 3. The van der Waals surface area contributed by atoms with Crippen molar-refractivity contribution in [3.63, 3.8) is 0 Å². The van der Waals surface area contributed by atoms with Crippen LogP contribution in [0.4, 0.5) is 4.39 Å². The third-order valence-electron chi connectivity index (χ3n) is 3.88. The van der Waals surface area contributed by atoms with Gasteiger partial charge in [-0.3, -0.25) is 5.10 Å². The second-order valence-corrected chi connectivity index (χ2v) is 5.77. The predicted octanol–water partition coefficient (Wildman–Crippen LogP) is 2.91. The number of aromatic nitrogens is 2. The highest BCUT2D eigenvalue weighted by Crippen LogP contribution is 2.39. The van der Waals surface area contributed by atoms with E-state index in [2.05, 4.69) is 10.2 Å². The highest BCUT2D eigenvalue weighted by Gasteiger charge is 2.53. The van der Waals surface area contributed by atoms with E-state index in [0.29, 0.717) is 0 Å². The topological polar surface area (TPSA) is 47.1 Å². The Morgan fingerprint density at radius 2 is 1.95 bits per heavy atom. The summed E-state index contributed by atoms with van der Waals surface area (Å²) in [5, 5.41) is 6.75. The number of nitrogens with one attached hydrogen (secondary N) is 1. The van der Waals surface area contributed by atoms with Gasteiger partial charge in [0.2, 0.25) is 0 Å². The average Bonchev–Trinajstić information content (AvgIpc) is 2.82. The monoisotopic (exact) mass is 266 g/mol. The maximum absolute atomic E-state index is 14.2. The van der Waals surface area contributed by atoms with Gasteiger partial charge in [-0.15, -0.1) is 0 Å². The van der Waals surface area contributed by atoms with Gasteiger partial charge in [0, 0.05) is 11.3 Å². The summed E-state index contributed by atoms with van der Waals surface area (Å²) in [6, 6.07) is 0. The number of aryl methyl sites for hydroxylation is 1. The van der Waals surface area contributed by atoms with E-state index in [1.165, 1.54) is 6.08 Å². The molecular weight excluding hydrogens is 246 g/mol. The van der Waals surface area contributed by atoms with Gasteiger partial charge in [-0.05, 0) is 40.2 Å². The first kappa shape index (κ1) is 14.3. The first-order valence-electron chi connectivity index (χ1n) is 6.52. The molecule has 1 aromatic rings. The van der Waals surface area contributed by atoms with E-state index in [0.717, 1.165) is 17.7 Å². The molecule has 1 aromatic heterocycles. The lowest BCUT2D eigenvalue weighted by Gasteiger charge is -2.32. The Morgan fingerprint density at radius 1 is 1.37 bits per heavy atom. The van der Waals surface area contributed by atoms with Crippen LogP contribution in [0.25, 0.3) is 6.08 Å². The Labute approximate surface area is 113 Å². The Balaban J connectivity index is 2.20. The van der Waals surface area contributed by atoms with Gasteiger partial charge >= 0.3 is 7.12 Å². The normalized spacial score (nSPS) is 22.0. The van der Waals surface area contributed by atoms with Gasteiger partial charge in [-0.25, -0.2) is 4.39 Å². The summed E-state index contributed by atoms with van der Waals surface area (Å²) in [6.07, 6.45) is 3.79. The molecule has 0 radical (unpaired) electrons. The number of H-pyrrole nitrogens is 1. The first-order valence-corrected chi connectivity index (χ1v) is 6.52. The van der Waals surface area contributed by atoms with Crippen LogP contribution in [0.1, 0.15) is 45.9 Å². The number of hydrogen-bond donors (Lipinski definition) is 1. The first-order chi connectivity index (χ1) is 8.77. The molecule has 104 valence electrons. The molecule has 0 saturated carbocycles. The average molecular weight is 266 g/mol. The lowest BCUT2D eigenvalue weighted by Crippen LogP contribution is -2.41. The van der Waals surface area contributed by atoms with Crippen molar-refractivity contribution >= 4 is 13.2 Å². The molecular formula is C13H20BFN2O2. The molecule has 19 heavy (non-hydrogen) atoms. The third kappa shape index (κ3) is 2.60. The molecule has 2 heterocycles. The molecule has 0 amide bonds. The maximum atomic E-state index is 14.2. The van der Waals surface area contributed by atoms with Crippen LogP contribution < -0.4 is 0 Å². The fourth-order valence-corrected chi connectivity index (χ4v) is 1.90. The van der Waals surface area contributed by atoms with E-state index in [9.17, 15) is 4.39 Å². The number of nitrogens with zero attached hydrogens (tertiary/aromatic N) is 1. The van der Waals surface area contributed by atoms with E-state index in [1.807, 2.05) is 34.6 Å². The van der Waals surface area contributed by atoms with Crippen LogP contribution >= 0.6 is 0 Å². The predicted molar refractivity (Wildman–Crippen MR) is 73.1 cm³/mol. The van der Waals surface area contributed by atoms with E-state index in [-0.39, 0.29) is 0 Å². The van der Waals surface area contributed by atoms with E-state index >= 15 is 0 Å². The molecule has 0 bridgehead atoms. The minimum Gasteiger partial charge on any atom is -0.398 e. The Hall–Kier alpha value is -1.14. The summed E-state index contributed by atoms with van der Waals surface area (Å²) in [5.41, 5.74) is 0.121. The van der Waals surface area contributed by atoms with Crippen molar-refractivity contribution < 1.29 is 13.7 Å². The van der Waals surface area contributed by atoms with E-state index in [4.69, 9.17) is 9.31 Å². The Kier molecular flexibility index (Phi) is 3.58. The summed E-state index contributed by atoms with van der Waals surface area (Å²) in [4.78, 5) is 0. The van der Waals surface area contributed by atoms with Crippen molar-refractivity contribution in [1.29, 1.82) is 0 Å². The van der Waals surface area contributed by atoms with Gasteiger partial charge in [-0.1, -0.05) is 6.92 Å². The van der Waals surface area contributed by atoms with Crippen molar-refractivity contribution in [2.24, 2.45) is 0 Å². The van der Waals surface area contributed by atoms with Crippen LogP contribution in [0.2, 0.25) is 0 Å². The van der Waals surface area contributed by atoms with Crippen molar-refractivity contribution in [3.05, 3.63) is 23.2 Å². The molecule has 1 N–H and O–H groups in total. The molecule has 1 saturated heterocycles. The smallest absolute Gasteiger partial charge is 0.398 e. The molecule has 0 unspecified atom stereocenters. The minimum atomic E-state index is -0.954. The lowest BCUT2D eigenvalue weighted by atomic mass is 9.87. The molecule has 1 fully saturated rings. The summed E-state index contributed by atoms with van der Waals surface area (Å²) in [5.74, 6) is 0. The largest absolute Gasteiger partial charge is 0.525 e. The Morgan fingerprint density at radius 3 is 2.47 bits per heavy atom. The molecule has 0 aliphatic carbocycles. The van der Waals surface area contributed by atoms with Crippen LogP contribution in [0.5, 0.6) is 0 Å². The molecule has 1 aliphatic heterocycles. The molecule has 2 rings (SSSR count). The second kappa shape index (κ2) is 4.76. The van der Waals surface area contributed by atoms with Gasteiger partial charge in [0.25, 0.3) is 0 Å². The summed E-state index contributed by atoms with van der Waals surface area (Å²) in [6.45, 7) is 9.58. The van der Waals surface area contributed by atoms with Crippen LogP contribution in [0, 0.1) is 0 Å². The van der Waals surface area contributed by atoms with Crippen LogP contribution in [-0.2, 0) is 15.7 Å². The SMILES string of the molecule is CCc1[nH]ncc1C=C(F)B1OC(C)(C)C(C)(C)O1. The minimum absolute atomic E-state index is 0.435. The van der Waals surface area contributed by atoms with Crippen LogP contribution in [0.15, 0.2) is 11.9 Å². The molecule has 0 atom stereocenters. The molecule has 1 aliphatic rings. The van der Waals surface area contributed by atoms with Gasteiger partial charge < -0.3 is 9.31 Å². The summed E-state index contributed by atoms with van der Waals surface area (Å²) in [7, 11) is -0.954. The van der Waals surface area contributed by atoms with Crippen molar-refractivity contribution in [1.82, 2.24) is 10.2 Å². The van der Waals surface area contributed by atoms with Crippen LogP contribution in [0.3, 0.4) is 0 Å². The summed E-state index contributed by atoms with van der Waals surface area (Å²) < 4.78 is 25.5. The highest BCUT2D eigenvalue weighted by atomic mass is 19.1. The fraction of sp³-hybridized carbons (Fsp3) is 0.615. The zero-order valence-corrected chi connectivity index (χ0v) is 12.1. The zero-order chi connectivity index (χ0) is 14.3. The van der Waals surface area contributed by atoms with Crippen LogP contribution in [-0.4, -0.2) is 28.5 Å². The van der Waals surface area contributed by atoms with Gasteiger partial charge in [0.05, 0.1) is 17.4 Å². The van der Waals surface area contributed by atoms with Gasteiger partial charge in [-0.2, -0.15) is 5.10 Å². The standard InChI is InChI=1S/C13H20BFN2O2/c1-6-10-9(8-16-17-10)7-11(15)14-18-12(2,3)13(4,5)19-14/h7-8H,6H2,1-5H3,(H,16,17). The van der Waals surface area contributed by atoms with Crippen molar-refractivity contribution in [2.45, 2.75) is 52.2 Å². The number of halogens is 1. The van der Waals surface area contributed by atoms with Crippen molar-refractivity contribution in [2.75, 3.05) is 0 Å². The number of hydrogen-bond acceptors (Lipinski definition) is 3. The molecule has 0 aromatic carbocycles. The van der Waals surface area contributed by atoms with E-state index < -0.39 is 24.0 Å². The van der Waals surface area contributed by atoms with Gasteiger partial charge in [0.1, 0.15) is 5.73 Å². The quantitative estimate of drug-likeness (QED) is 0.855. The van der Waals surface area contributed by atoms with E-state index in [1.54, 1.807) is 6.20 Å². The Bertz CT molecular complexity index is 481. The zero-order valence-electron chi connectivity index (χ0n) is 12.1. The van der Waals surface area contributed by atoms with Crippen molar-refractivity contribution in [3.8, 4) is 0 Å².